The van der Waals surface area contributed by atoms with Crippen molar-refractivity contribution in [2.45, 2.75) is 114 Å². The van der Waals surface area contributed by atoms with Crippen molar-refractivity contribution in [3.05, 3.63) is 0 Å². The third-order valence-electron chi connectivity index (χ3n) is 8.22. The van der Waals surface area contributed by atoms with Crippen LogP contribution in [0.15, 0.2) is 0 Å². The van der Waals surface area contributed by atoms with E-state index in [1.54, 1.807) is 0 Å². The van der Waals surface area contributed by atoms with Gasteiger partial charge in [-0.2, -0.15) is 0 Å². The molecule has 0 amide bonds. The van der Waals surface area contributed by atoms with Gasteiger partial charge < -0.3 is 13.6 Å². The minimum Gasteiger partial charge on any atom is -0.455 e. The normalized spacial score (nSPS) is 43.0. The SMILES string of the molecule is C[C@@H]([C@@H]1CC[C@H]2O[C@@H]2C1)[Si](C)(C)O[Si](C)(C)[C@@H](C)[C@@H]1CC[C@H]2O[C@@H]2C1. The smallest absolute Gasteiger partial charge is 0.176 e. The lowest BCUT2D eigenvalue weighted by Crippen LogP contribution is -2.52. The van der Waals surface area contributed by atoms with Crippen LogP contribution in [0.5, 0.6) is 0 Å². The largest absolute Gasteiger partial charge is 0.455 e. The predicted octanol–water partition coefficient (Wildman–Crippen LogP) is 5.33. The number of epoxide rings is 2. The van der Waals surface area contributed by atoms with Crippen molar-refractivity contribution in [1.82, 2.24) is 0 Å². The second-order valence-electron chi connectivity index (χ2n) is 10.5. The van der Waals surface area contributed by atoms with Crippen LogP contribution in [0.25, 0.3) is 0 Å². The zero-order chi connectivity index (χ0) is 18.0. The maximum atomic E-state index is 7.15. The van der Waals surface area contributed by atoms with Gasteiger partial charge in [0.1, 0.15) is 0 Å². The molecule has 2 aliphatic heterocycles. The monoisotopic (exact) mass is 382 g/mol. The zero-order valence-electron chi connectivity index (χ0n) is 17.1. The summed E-state index contributed by atoms with van der Waals surface area (Å²) in [5, 5.41) is 0. The van der Waals surface area contributed by atoms with Gasteiger partial charge in [0.25, 0.3) is 0 Å². The van der Waals surface area contributed by atoms with E-state index in [1.807, 2.05) is 0 Å². The number of fused-ring (bicyclic) bond motifs is 2. The van der Waals surface area contributed by atoms with Gasteiger partial charge >= 0.3 is 0 Å². The molecular weight excluding hydrogens is 344 g/mol. The Labute approximate surface area is 156 Å². The quantitative estimate of drug-likeness (QED) is 0.460. The van der Waals surface area contributed by atoms with Gasteiger partial charge in [0, 0.05) is 0 Å². The van der Waals surface area contributed by atoms with Crippen LogP contribution < -0.4 is 0 Å². The van der Waals surface area contributed by atoms with Crippen molar-refractivity contribution in [3.8, 4) is 0 Å². The summed E-state index contributed by atoms with van der Waals surface area (Å²) in [7, 11) is -3.40. The fourth-order valence-electron chi connectivity index (χ4n) is 5.78. The van der Waals surface area contributed by atoms with E-state index < -0.39 is 16.6 Å². The molecule has 5 heteroatoms. The van der Waals surface area contributed by atoms with Crippen molar-refractivity contribution >= 4 is 16.6 Å². The second kappa shape index (κ2) is 6.44. The van der Waals surface area contributed by atoms with E-state index in [0.29, 0.717) is 24.4 Å². The summed E-state index contributed by atoms with van der Waals surface area (Å²) in [6.45, 7) is 14.9. The number of rotatable bonds is 6. The Morgan fingerprint density at radius 1 is 0.680 bits per heavy atom. The number of hydrogen-bond acceptors (Lipinski definition) is 3. The molecule has 144 valence electrons. The molecule has 0 bridgehead atoms. The van der Waals surface area contributed by atoms with Crippen molar-refractivity contribution < 1.29 is 13.6 Å². The summed E-state index contributed by atoms with van der Waals surface area (Å²) in [5.41, 5.74) is 1.47. The summed E-state index contributed by atoms with van der Waals surface area (Å²) in [4.78, 5) is 0. The van der Waals surface area contributed by atoms with Gasteiger partial charge in [0.2, 0.25) is 0 Å². The predicted molar refractivity (Wildman–Crippen MR) is 107 cm³/mol. The summed E-state index contributed by atoms with van der Waals surface area (Å²) in [6, 6.07) is 0. The highest BCUT2D eigenvalue weighted by atomic mass is 28.4. The Bertz CT molecular complexity index is 465. The minimum absolute atomic E-state index is 0.587. The molecule has 2 saturated carbocycles. The number of ether oxygens (including phenoxy) is 2. The standard InChI is InChI=1S/C20H38O3Si2/c1-13(15-7-9-17-19(11-15)21-17)24(3,4)23-25(5,6)14(2)16-8-10-18-20(12-16)22-18/h13-20H,7-12H2,1-6H3/t13-,14-,15+,16+,17+,18+,19+,20+/m0/s1. The summed E-state index contributed by atoms with van der Waals surface area (Å²) >= 11 is 0. The Hall–Kier alpha value is 0.314. The maximum absolute atomic E-state index is 7.15. The zero-order valence-corrected chi connectivity index (χ0v) is 19.1. The molecular formula is C20H38O3Si2. The minimum atomic E-state index is -1.70. The molecule has 0 radical (unpaired) electrons. The topological polar surface area (TPSA) is 34.3 Å². The van der Waals surface area contributed by atoms with Gasteiger partial charge in [-0.25, -0.2) is 0 Å². The first-order valence-electron chi connectivity index (χ1n) is 10.7. The molecule has 0 aromatic heterocycles. The average molecular weight is 383 g/mol. The highest BCUT2D eigenvalue weighted by Gasteiger charge is 2.51. The molecule has 0 N–H and O–H groups in total. The molecule has 2 heterocycles. The third-order valence-corrected chi connectivity index (χ3v) is 17.8. The van der Waals surface area contributed by atoms with E-state index in [4.69, 9.17) is 13.6 Å². The van der Waals surface area contributed by atoms with Gasteiger partial charge in [-0.1, -0.05) is 13.8 Å². The van der Waals surface area contributed by atoms with Gasteiger partial charge in [0.15, 0.2) is 16.6 Å². The van der Waals surface area contributed by atoms with E-state index in [1.165, 1.54) is 38.5 Å². The van der Waals surface area contributed by atoms with E-state index in [0.717, 1.165) is 22.9 Å². The molecule has 4 rings (SSSR count). The first-order chi connectivity index (χ1) is 11.7. The fourth-order valence-corrected chi connectivity index (χ4v) is 15.6. The van der Waals surface area contributed by atoms with Crippen LogP contribution in [-0.4, -0.2) is 41.1 Å². The lowest BCUT2D eigenvalue weighted by molar-refractivity contribution is 0.329. The van der Waals surface area contributed by atoms with E-state index in [2.05, 4.69) is 40.0 Å². The molecule has 8 atom stereocenters. The summed E-state index contributed by atoms with van der Waals surface area (Å²) in [5.74, 6) is 1.64. The Balaban J connectivity index is 1.37. The highest BCUT2D eigenvalue weighted by molar-refractivity contribution is 6.86. The van der Waals surface area contributed by atoms with Gasteiger partial charge in [-0.3, -0.25) is 0 Å². The van der Waals surface area contributed by atoms with Gasteiger partial charge in [-0.15, -0.1) is 0 Å². The third kappa shape index (κ3) is 3.82. The lowest BCUT2D eigenvalue weighted by atomic mass is 9.87. The van der Waals surface area contributed by atoms with Gasteiger partial charge in [0.05, 0.1) is 24.4 Å². The van der Waals surface area contributed by atoms with Crippen LogP contribution in [0.1, 0.15) is 52.4 Å². The molecule has 0 aromatic rings. The molecule has 2 saturated heterocycles. The molecule has 25 heavy (non-hydrogen) atoms. The van der Waals surface area contributed by atoms with Crippen LogP contribution in [0.2, 0.25) is 37.3 Å². The Morgan fingerprint density at radius 3 is 1.44 bits per heavy atom. The summed E-state index contributed by atoms with van der Waals surface area (Å²) < 4.78 is 18.7. The van der Waals surface area contributed by atoms with Crippen molar-refractivity contribution in [2.24, 2.45) is 11.8 Å². The second-order valence-corrected chi connectivity index (χ2v) is 19.5. The first kappa shape index (κ1) is 18.7. The van der Waals surface area contributed by atoms with Crippen molar-refractivity contribution in [3.63, 3.8) is 0 Å². The van der Waals surface area contributed by atoms with Crippen LogP contribution in [-0.2, 0) is 13.6 Å². The van der Waals surface area contributed by atoms with Gasteiger partial charge in [-0.05, 0) is 87.6 Å². The van der Waals surface area contributed by atoms with Crippen LogP contribution in [0, 0.1) is 11.8 Å². The fraction of sp³-hybridized carbons (Fsp3) is 1.00. The van der Waals surface area contributed by atoms with E-state index in [9.17, 15) is 0 Å². The van der Waals surface area contributed by atoms with Crippen LogP contribution in [0.3, 0.4) is 0 Å². The molecule has 4 aliphatic rings. The molecule has 0 unspecified atom stereocenters. The molecule has 0 aromatic carbocycles. The maximum Gasteiger partial charge on any atom is 0.176 e. The molecule has 0 spiro atoms. The molecule has 4 fully saturated rings. The number of hydrogen-bond donors (Lipinski definition) is 0. The summed E-state index contributed by atoms with van der Waals surface area (Å²) in [6.07, 6.45) is 10.2. The van der Waals surface area contributed by atoms with E-state index >= 15 is 0 Å². The molecule has 2 aliphatic carbocycles. The lowest BCUT2D eigenvalue weighted by Gasteiger charge is -2.45. The molecule has 3 nitrogen and oxygen atoms in total. The van der Waals surface area contributed by atoms with Crippen LogP contribution in [0.4, 0.5) is 0 Å². The highest BCUT2D eigenvalue weighted by Crippen LogP contribution is 2.50. The Morgan fingerprint density at radius 2 is 1.08 bits per heavy atom. The van der Waals surface area contributed by atoms with Crippen molar-refractivity contribution in [1.29, 1.82) is 0 Å². The van der Waals surface area contributed by atoms with Crippen LogP contribution >= 0.6 is 0 Å². The Kier molecular flexibility index (Phi) is 4.81. The first-order valence-corrected chi connectivity index (χ1v) is 16.7. The van der Waals surface area contributed by atoms with E-state index in [-0.39, 0.29) is 0 Å². The van der Waals surface area contributed by atoms with Crippen molar-refractivity contribution in [2.75, 3.05) is 0 Å². The average Bonchev–Trinajstić information content (AvgIpc) is 3.43.